The van der Waals surface area contributed by atoms with E-state index >= 15 is 0 Å². The van der Waals surface area contributed by atoms with Crippen LogP contribution in [0.1, 0.15) is 5.56 Å². The summed E-state index contributed by atoms with van der Waals surface area (Å²) < 4.78 is 7.25. The fraction of sp³-hybridized carbons (Fsp3) is 0.150. The monoisotopic (exact) mass is 426 g/mol. The van der Waals surface area contributed by atoms with E-state index in [-0.39, 0.29) is 11.5 Å². The molecule has 2 aliphatic heterocycles. The minimum absolute atomic E-state index is 0.228. The lowest BCUT2D eigenvalue weighted by atomic mass is 10.1. The molecule has 29 heavy (non-hydrogen) atoms. The van der Waals surface area contributed by atoms with Crippen molar-refractivity contribution >= 4 is 45.8 Å². The summed E-state index contributed by atoms with van der Waals surface area (Å²) in [5.41, 5.74) is 2.39. The number of anilines is 2. The molecule has 0 saturated heterocycles. The molecule has 0 bridgehead atoms. The number of hydrogen-bond donors (Lipinski definition) is 1. The summed E-state index contributed by atoms with van der Waals surface area (Å²) in [6.45, 7) is 0.780. The molecule has 0 aliphatic carbocycles. The minimum Gasteiger partial charge on any atom is -0.497 e. The highest BCUT2D eigenvalue weighted by atomic mass is 35.5. The van der Waals surface area contributed by atoms with Crippen molar-refractivity contribution in [3.63, 3.8) is 0 Å². The average molecular weight is 427 g/mol. The van der Waals surface area contributed by atoms with E-state index in [2.05, 4.69) is 10.3 Å². The zero-order valence-electron chi connectivity index (χ0n) is 15.3. The molecule has 0 spiro atoms. The molecule has 9 heteroatoms. The molecule has 3 aromatic rings. The van der Waals surface area contributed by atoms with Crippen molar-refractivity contribution in [2.45, 2.75) is 6.67 Å². The Hall–Kier alpha value is -3.10. The number of benzene rings is 2. The van der Waals surface area contributed by atoms with Crippen LogP contribution in [0.2, 0.25) is 5.02 Å². The average Bonchev–Trinajstić information content (AvgIpc) is 3.23. The van der Waals surface area contributed by atoms with Crippen molar-refractivity contribution < 1.29 is 9.53 Å². The van der Waals surface area contributed by atoms with Crippen molar-refractivity contribution in [1.29, 1.82) is 0 Å². The number of methoxy groups -OCH3 is 1. The predicted molar refractivity (Wildman–Crippen MR) is 112 cm³/mol. The molecule has 2 aromatic carbocycles. The first-order chi connectivity index (χ1) is 14.0. The van der Waals surface area contributed by atoms with Crippen LogP contribution in [-0.4, -0.2) is 24.3 Å². The fourth-order valence-corrected chi connectivity index (χ4v) is 4.66. The van der Waals surface area contributed by atoms with Crippen molar-refractivity contribution in [1.82, 2.24) is 4.57 Å². The van der Waals surface area contributed by atoms with Crippen LogP contribution in [0.5, 0.6) is 5.75 Å². The van der Waals surface area contributed by atoms with Gasteiger partial charge in [0.25, 0.3) is 11.5 Å². The molecular weight excluding hydrogens is 412 g/mol. The van der Waals surface area contributed by atoms with Gasteiger partial charge >= 0.3 is 0 Å². The van der Waals surface area contributed by atoms with E-state index in [1.807, 2.05) is 17.0 Å². The van der Waals surface area contributed by atoms with E-state index in [1.165, 1.54) is 11.3 Å². The highest BCUT2D eigenvalue weighted by Crippen LogP contribution is 2.33. The molecule has 0 unspecified atom stereocenters. The van der Waals surface area contributed by atoms with Gasteiger partial charge < -0.3 is 15.0 Å². The van der Waals surface area contributed by atoms with E-state index in [9.17, 15) is 9.59 Å². The quantitative estimate of drug-likeness (QED) is 0.677. The summed E-state index contributed by atoms with van der Waals surface area (Å²) in [7, 11) is 1.56. The molecule has 0 saturated carbocycles. The Morgan fingerprint density at radius 2 is 1.97 bits per heavy atom. The lowest BCUT2D eigenvalue weighted by molar-refractivity contribution is -0.110. The second-order valence-electron chi connectivity index (χ2n) is 6.64. The zero-order chi connectivity index (χ0) is 20.1. The molecule has 0 radical (unpaired) electrons. The van der Waals surface area contributed by atoms with Gasteiger partial charge in [0.05, 0.1) is 12.7 Å². The van der Waals surface area contributed by atoms with E-state index < -0.39 is 0 Å². The van der Waals surface area contributed by atoms with Gasteiger partial charge in [-0.1, -0.05) is 22.9 Å². The summed E-state index contributed by atoms with van der Waals surface area (Å²) in [6, 6.07) is 12.7. The summed E-state index contributed by atoms with van der Waals surface area (Å²) in [5, 5.41) is 3.47. The minimum atomic E-state index is -0.292. The Morgan fingerprint density at radius 3 is 2.72 bits per heavy atom. The molecular formula is C20H15ClN4O3S. The predicted octanol–water partition coefficient (Wildman–Crippen LogP) is 1.78. The van der Waals surface area contributed by atoms with Gasteiger partial charge in [0.1, 0.15) is 23.6 Å². The molecule has 146 valence electrons. The van der Waals surface area contributed by atoms with Crippen LogP contribution in [-0.2, 0) is 11.5 Å². The summed E-state index contributed by atoms with van der Waals surface area (Å²) in [5.74, 6) is 0.330. The van der Waals surface area contributed by atoms with Crippen LogP contribution in [0.4, 0.5) is 11.4 Å². The first kappa shape index (κ1) is 18.0. The first-order valence-electron chi connectivity index (χ1n) is 8.84. The Labute approximate surface area is 174 Å². The number of aromatic nitrogens is 1. The number of halogens is 1. The number of fused-ring (bicyclic) bond motifs is 2. The first-order valence-corrected chi connectivity index (χ1v) is 10.0. The largest absolute Gasteiger partial charge is 0.497 e. The van der Waals surface area contributed by atoms with Crippen LogP contribution in [0.25, 0.3) is 5.57 Å². The molecule has 1 amide bonds. The maximum Gasteiger partial charge on any atom is 0.272 e. The van der Waals surface area contributed by atoms with Crippen molar-refractivity contribution in [2.24, 2.45) is 4.99 Å². The van der Waals surface area contributed by atoms with Gasteiger partial charge in [0, 0.05) is 22.0 Å². The van der Waals surface area contributed by atoms with Gasteiger partial charge in [-0.25, -0.2) is 4.99 Å². The smallest absolute Gasteiger partial charge is 0.272 e. The standard InChI is InChI=1S/C20H15ClN4O3S/c1-28-13-6-7-15-14(8-13)16(18(26)23-15)17-19(27)25-10-24(9-22-20(25)29-17)12-4-2-11(21)3-5-12/h2-8H,9-10H2,1H3,(H,23,26)/b17-16-. The zero-order valence-corrected chi connectivity index (χ0v) is 16.9. The second-order valence-corrected chi connectivity index (χ2v) is 8.06. The fourth-order valence-electron chi connectivity index (χ4n) is 3.48. The van der Waals surface area contributed by atoms with Gasteiger partial charge in [0.2, 0.25) is 0 Å². The van der Waals surface area contributed by atoms with E-state index in [0.29, 0.717) is 50.3 Å². The lowest BCUT2D eigenvalue weighted by Gasteiger charge is -2.25. The van der Waals surface area contributed by atoms with Gasteiger partial charge in [-0.15, -0.1) is 0 Å². The van der Waals surface area contributed by atoms with Gasteiger partial charge in [-0.2, -0.15) is 0 Å². The number of carbonyl (C=O) groups is 1. The highest BCUT2D eigenvalue weighted by Gasteiger charge is 2.28. The molecule has 5 rings (SSSR count). The molecule has 1 aromatic heterocycles. The Kier molecular flexibility index (Phi) is 4.18. The Morgan fingerprint density at radius 1 is 1.17 bits per heavy atom. The maximum absolute atomic E-state index is 13.2. The molecule has 0 fully saturated rings. The number of nitrogens with zero attached hydrogens (tertiary/aromatic N) is 3. The van der Waals surface area contributed by atoms with Crippen LogP contribution in [0.15, 0.2) is 52.3 Å². The van der Waals surface area contributed by atoms with Crippen LogP contribution >= 0.6 is 22.9 Å². The SMILES string of the molecule is COc1ccc2c(c1)/C(=c1/sc3n(c1=O)CN(c1ccc(Cl)cc1)CN=3)C(=O)N2. The number of nitrogens with one attached hydrogen (secondary N) is 1. The molecule has 2 aliphatic rings. The molecule has 7 nitrogen and oxygen atoms in total. The third-order valence-electron chi connectivity index (χ3n) is 4.94. The van der Waals surface area contributed by atoms with E-state index in [4.69, 9.17) is 16.3 Å². The Balaban J connectivity index is 1.64. The molecule has 3 heterocycles. The third-order valence-corrected chi connectivity index (χ3v) is 6.31. The number of hydrogen-bond acceptors (Lipinski definition) is 6. The highest BCUT2D eigenvalue weighted by molar-refractivity contribution is 7.07. The normalized spacial score (nSPS) is 16.8. The topological polar surface area (TPSA) is 75.9 Å². The maximum atomic E-state index is 13.2. The summed E-state index contributed by atoms with van der Waals surface area (Å²) in [6.07, 6.45) is 0. The molecule has 0 atom stereocenters. The summed E-state index contributed by atoms with van der Waals surface area (Å²) >= 11 is 7.20. The third kappa shape index (κ3) is 2.92. The number of thiazole rings is 1. The van der Waals surface area contributed by atoms with Crippen LogP contribution in [0, 0.1) is 0 Å². The van der Waals surface area contributed by atoms with Crippen LogP contribution < -0.4 is 29.8 Å². The number of ether oxygens (including phenoxy) is 1. The number of carbonyl (C=O) groups excluding carboxylic acids is 1. The van der Waals surface area contributed by atoms with Gasteiger partial charge in [0.15, 0.2) is 4.80 Å². The number of amides is 1. The van der Waals surface area contributed by atoms with Crippen molar-refractivity contribution in [3.8, 4) is 5.75 Å². The molecule has 1 N–H and O–H groups in total. The lowest BCUT2D eigenvalue weighted by Crippen LogP contribution is -2.43. The summed E-state index contributed by atoms with van der Waals surface area (Å²) in [4.78, 5) is 32.9. The van der Waals surface area contributed by atoms with E-state index in [0.717, 1.165) is 5.69 Å². The second kappa shape index (κ2) is 6.75. The van der Waals surface area contributed by atoms with Crippen molar-refractivity contribution in [2.75, 3.05) is 24.0 Å². The number of rotatable bonds is 2. The van der Waals surface area contributed by atoms with Gasteiger partial charge in [-0.05, 0) is 42.5 Å². The van der Waals surface area contributed by atoms with Crippen molar-refractivity contribution in [3.05, 3.63) is 72.7 Å². The Bertz CT molecular complexity index is 1330. The van der Waals surface area contributed by atoms with Crippen LogP contribution in [0.3, 0.4) is 0 Å². The van der Waals surface area contributed by atoms with E-state index in [1.54, 1.807) is 42.0 Å². The van der Waals surface area contributed by atoms with Gasteiger partial charge in [-0.3, -0.25) is 14.2 Å².